The van der Waals surface area contributed by atoms with Crippen molar-refractivity contribution in [2.24, 2.45) is 5.92 Å². The van der Waals surface area contributed by atoms with E-state index in [1.165, 1.54) is 6.33 Å². The van der Waals surface area contributed by atoms with Gasteiger partial charge in [0.05, 0.1) is 0 Å². The smallest absolute Gasteiger partial charge is 0.225 e. The van der Waals surface area contributed by atoms with E-state index in [1.54, 1.807) is 0 Å². The van der Waals surface area contributed by atoms with E-state index in [-0.39, 0.29) is 21.9 Å². The molecule has 1 amide bonds. The maximum atomic E-state index is 11.9. The molecule has 1 aliphatic heterocycles. The standard InChI is InChI=1S/C11H14Cl2N4O/c12-9-10(13)15-6-16-11(9)17-8(18)5-7-1-3-14-4-2-7/h6-7,14H,1-5H2,(H,15,16,17,18). The van der Waals surface area contributed by atoms with Crippen LogP contribution >= 0.6 is 23.2 Å². The van der Waals surface area contributed by atoms with E-state index in [4.69, 9.17) is 23.2 Å². The molecule has 1 aromatic heterocycles. The molecular weight excluding hydrogens is 275 g/mol. The van der Waals surface area contributed by atoms with E-state index < -0.39 is 0 Å². The quantitative estimate of drug-likeness (QED) is 0.836. The Morgan fingerprint density at radius 3 is 2.83 bits per heavy atom. The molecule has 7 heteroatoms. The summed E-state index contributed by atoms with van der Waals surface area (Å²) in [5.74, 6) is 0.608. The Morgan fingerprint density at radius 1 is 1.39 bits per heavy atom. The van der Waals surface area contributed by atoms with Crippen LogP contribution in [0.5, 0.6) is 0 Å². The first-order valence-electron chi connectivity index (χ1n) is 5.83. The lowest BCUT2D eigenvalue weighted by atomic mass is 9.94. The minimum atomic E-state index is -0.0847. The van der Waals surface area contributed by atoms with E-state index >= 15 is 0 Å². The molecule has 18 heavy (non-hydrogen) atoms. The van der Waals surface area contributed by atoms with Gasteiger partial charge < -0.3 is 10.6 Å². The third-order valence-corrected chi connectivity index (χ3v) is 3.68. The van der Waals surface area contributed by atoms with Crippen LogP contribution in [-0.4, -0.2) is 29.0 Å². The normalized spacial score (nSPS) is 16.6. The number of hydrogen-bond donors (Lipinski definition) is 2. The number of nitrogens with one attached hydrogen (secondary N) is 2. The van der Waals surface area contributed by atoms with Crippen molar-refractivity contribution in [1.82, 2.24) is 15.3 Å². The molecule has 0 aliphatic carbocycles. The summed E-state index contributed by atoms with van der Waals surface area (Å²) in [6.07, 6.45) is 3.80. The number of halogens is 2. The largest absolute Gasteiger partial charge is 0.317 e. The molecule has 0 unspecified atom stereocenters. The van der Waals surface area contributed by atoms with Crippen LogP contribution in [0.1, 0.15) is 19.3 Å². The van der Waals surface area contributed by atoms with Gasteiger partial charge in [-0.2, -0.15) is 0 Å². The van der Waals surface area contributed by atoms with Crippen molar-refractivity contribution in [3.8, 4) is 0 Å². The number of aromatic nitrogens is 2. The molecular formula is C11H14Cl2N4O. The molecule has 0 aromatic carbocycles. The fraction of sp³-hybridized carbons (Fsp3) is 0.545. The summed E-state index contributed by atoms with van der Waals surface area (Å²) < 4.78 is 0. The van der Waals surface area contributed by atoms with Crippen LogP contribution in [0.2, 0.25) is 10.2 Å². The monoisotopic (exact) mass is 288 g/mol. The summed E-state index contributed by atoms with van der Waals surface area (Å²) in [5.41, 5.74) is 0. The zero-order chi connectivity index (χ0) is 13.0. The van der Waals surface area contributed by atoms with Crippen LogP contribution in [0.3, 0.4) is 0 Å². The van der Waals surface area contributed by atoms with E-state index in [0.29, 0.717) is 12.3 Å². The van der Waals surface area contributed by atoms with Gasteiger partial charge in [0.25, 0.3) is 0 Å². The van der Waals surface area contributed by atoms with Crippen LogP contribution in [0, 0.1) is 5.92 Å². The fourth-order valence-corrected chi connectivity index (χ4v) is 2.24. The number of rotatable bonds is 3. The molecule has 98 valence electrons. The highest BCUT2D eigenvalue weighted by Gasteiger charge is 2.18. The van der Waals surface area contributed by atoms with Crippen LogP contribution in [-0.2, 0) is 4.79 Å². The number of carbonyl (C=O) groups is 1. The van der Waals surface area contributed by atoms with Gasteiger partial charge in [0, 0.05) is 6.42 Å². The van der Waals surface area contributed by atoms with Gasteiger partial charge in [0.1, 0.15) is 11.3 Å². The van der Waals surface area contributed by atoms with Crippen molar-refractivity contribution in [3.63, 3.8) is 0 Å². The Morgan fingerprint density at radius 2 is 2.11 bits per heavy atom. The number of hydrogen-bond acceptors (Lipinski definition) is 4. The number of anilines is 1. The average Bonchev–Trinajstić information content (AvgIpc) is 2.36. The van der Waals surface area contributed by atoms with E-state index in [2.05, 4.69) is 20.6 Å². The molecule has 2 heterocycles. The topological polar surface area (TPSA) is 66.9 Å². The second-order valence-electron chi connectivity index (χ2n) is 4.27. The van der Waals surface area contributed by atoms with Crippen LogP contribution in [0.15, 0.2) is 6.33 Å². The molecule has 1 aliphatic rings. The molecule has 0 saturated carbocycles. The SMILES string of the molecule is O=C(CC1CCNCC1)Nc1ncnc(Cl)c1Cl. The molecule has 2 rings (SSSR count). The Kier molecular flexibility index (Phi) is 4.74. The summed E-state index contributed by atoms with van der Waals surface area (Å²) in [5, 5.41) is 6.26. The third-order valence-electron chi connectivity index (χ3n) is 2.94. The second kappa shape index (κ2) is 6.31. The predicted molar refractivity (Wildman–Crippen MR) is 70.9 cm³/mol. The van der Waals surface area contributed by atoms with E-state index in [0.717, 1.165) is 25.9 Å². The maximum absolute atomic E-state index is 11.9. The Labute approximate surface area is 115 Å². The molecule has 1 saturated heterocycles. The first-order valence-corrected chi connectivity index (χ1v) is 6.59. The van der Waals surface area contributed by atoms with Crippen molar-refractivity contribution < 1.29 is 4.79 Å². The highest BCUT2D eigenvalue weighted by Crippen LogP contribution is 2.26. The Hall–Kier alpha value is -0.910. The zero-order valence-corrected chi connectivity index (χ0v) is 11.3. The maximum Gasteiger partial charge on any atom is 0.225 e. The van der Waals surface area contributed by atoms with Crippen molar-refractivity contribution in [3.05, 3.63) is 16.5 Å². The lowest BCUT2D eigenvalue weighted by molar-refractivity contribution is -0.117. The summed E-state index contributed by atoms with van der Waals surface area (Å²) in [7, 11) is 0. The van der Waals surface area contributed by atoms with Gasteiger partial charge in [-0.1, -0.05) is 23.2 Å². The van der Waals surface area contributed by atoms with Crippen LogP contribution < -0.4 is 10.6 Å². The zero-order valence-electron chi connectivity index (χ0n) is 9.75. The molecule has 1 aromatic rings. The molecule has 1 fully saturated rings. The van der Waals surface area contributed by atoms with Crippen molar-refractivity contribution in [2.75, 3.05) is 18.4 Å². The minimum absolute atomic E-state index is 0.0847. The Balaban J connectivity index is 1.92. The van der Waals surface area contributed by atoms with Gasteiger partial charge in [-0.15, -0.1) is 0 Å². The van der Waals surface area contributed by atoms with Crippen LogP contribution in [0.25, 0.3) is 0 Å². The molecule has 2 N–H and O–H groups in total. The highest BCUT2D eigenvalue weighted by atomic mass is 35.5. The van der Waals surface area contributed by atoms with Crippen LogP contribution in [0.4, 0.5) is 5.82 Å². The summed E-state index contributed by atoms with van der Waals surface area (Å²) in [6, 6.07) is 0. The second-order valence-corrected chi connectivity index (χ2v) is 5.01. The summed E-state index contributed by atoms with van der Waals surface area (Å²) in [6.45, 7) is 1.94. The predicted octanol–water partition coefficient (Wildman–Crippen LogP) is 2.11. The van der Waals surface area contributed by atoms with Gasteiger partial charge in [-0.3, -0.25) is 4.79 Å². The average molecular weight is 289 g/mol. The van der Waals surface area contributed by atoms with Gasteiger partial charge in [0.2, 0.25) is 5.91 Å². The van der Waals surface area contributed by atoms with Crippen molar-refractivity contribution in [2.45, 2.75) is 19.3 Å². The van der Waals surface area contributed by atoms with Gasteiger partial charge in [-0.05, 0) is 31.8 Å². The molecule has 0 radical (unpaired) electrons. The Bertz CT molecular complexity index is 435. The first-order chi connectivity index (χ1) is 8.66. The number of carbonyl (C=O) groups excluding carboxylic acids is 1. The van der Waals surface area contributed by atoms with Crippen molar-refractivity contribution in [1.29, 1.82) is 0 Å². The van der Waals surface area contributed by atoms with Gasteiger partial charge >= 0.3 is 0 Å². The lowest BCUT2D eigenvalue weighted by Crippen LogP contribution is -2.30. The fourth-order valence-electron chi connectivity index (χ4n) is 1.97. The number of piperidine rings is 1. The summed E-state index contributed by atoms with van der Waals surface area (Å²) in [4.78, 5) is 19.5. The van der Waals surface area contributed by atoms with Gasteiger partial charge in [-0.25, -0.2) is 9.97 Å². The summed E-state index contributed by atoms with van der Waals surface area (Å²) >= 11 is 11.6. The third kappa shape index (κ3) is 3.54. The minimum Gasteiger partial charge on any atom is -0.317 e. The molecule has 0 bridgehead atoms. The molecule has 0 spiro atoms. The highest BCUT2D eigenvalue weighted by molar-refractivity contribution is 6.42. The molecule has 0 atom stereocenters. The number of nitrogens with zero attached hydrogens (tertiary/aromatic N) is 2. The first kappa shape index (κ1) is 13.5. The number of amides is 1. The molecule has 5 nitrogen and oxygen atoms in total. The van der Waals surface area contributed by atoms with E-state index in [9.17, 15) is 4.79 Å². The van der Waals surface area contributed by atoms with E-state index in [1.807, 2.05) is 0 Å². The lowest BCUT2D eigenvalue weighted by Gasteiger charge is -2.21. The van der Waals surface area contributed by atoms with Gasteiger partial charge in [0.15, 0.2) is 11.0 Å². The van der Waals surface area contributed by atoms with Crippen molar-refractivity contribution >= 4 is 34.9 Å².